The summed E-state index contributed by atoms with van der Waals surface area (Å²) in [6.07, 6.45) is 8.26. The molecule has 2 fully saturated rings. The topological polar surface area (TPSA) is 15.3 Å². The Kier molecular flexibility index (Phi) is 3.60. The molecule has 2 rings (SSSR count). The Morgan fingerprint density at radius 3 is 2.56 bits per heavy atom. The van der Waals surface area contributed by atoms with Gasteiger partial charge in [-0.1, -0.05) is 26.2 Å². The maximum absolute atomic E-state index is 3.80. The van der Waals surface area contributed by atoms with E-state index >= 15 is 0 Å². The van der Waals surface area contributed by atoms with Crippen LogP contribution in [0.15, 0.2) is 0 Å². The molecule has 0 aromatic heterocycles. The molecule has 2 nitrogen and oxygen atoms in total. The minimum Gasteiger partial charge on any atom is -0.309 e. The van der Waals surface area contributed by atoms with E-state index in [9.17, 15) is 0 Å². The van der Waals surface area contributed by atoms with Crippen LogP contribution in [-0.4, -0.2) is 35.6 Å². The predicted molar refractivity (Wildman–Crippen MR) is 69.8 cm³/mol. The smallest absolute Gasteiger partial charge is 0.0309 e. The van der Waals surface area contributed by atoms with Gasteiger partial charge in [0.1, 0.15) is 0 Å². The molecule has 16 heavy (non-hydrogen) atoms. The molecule has 1 N–H and O–H groups in total. The van der Waals surface area contributed by atoms with Crippen LogP contribution in [0.3, 0.4) is 0 Å². The van der Waals surface area contributed by atoms with Crippen LogP contribution in [0.4, 0.5) is 0 Å². The summed E-state index contributed by atoms with van der Waals surface area (Å²) in [5.41, 5.74) is 0.871. The molecule has 0 bridgehead atoms. The van der Waals surface area contributed by atoms with Gasteiger partial charge in [0.25, 0.3) is 0 Å². The largest absolute Gasteiger partial charge is 0.309 e. The Morgan fingerprint density at radius 1 is 1.25 bits per heavy atom. The fourth-order valence-corrected chi connectivity index (χ4v) is 3.63. The van der Waals surface area contributed by atoms with Gasteiger partial charge in [0.05, 0.1) is 0 Å². The lowest BCUT2D eigenvalue weighted by atomic mass is 9.89. The van der Waals surface area contributed by atoms with Crippen molar-refractivity contribution in [3.8, 4) is 0 Å². The Hall–Kier alpha value is -0.0800. The van der Waals surface area contributed by atoms with Crippen molar-refractivity contribution in [1.82, 2.24) is 10.2 Å². The molecular formula is C14H28N2. The Balaban J connectivity index is 2.00. The monoisotopic (exact) mass is 224 g/mol. The maximum atomic E-state index is 3.80. The number of nitrogens with zero attached hydrogens (tertiary/aromatic N) is 1. The third-order valence-corrected chi connectivity index (χ3v) is 4.65. The van der Waals surface area contributed by atoms with Gasteiger partial charge >= 0.3 is 0 Å². The van der Waals surface area contributed by atoms with Gasteiger partial charge in [0.2, 0.25) is 0 Å². The summed E-state index contributed by atoms with van der Waals surface area (Å²) < 4.78 is 0. The quantitative estimate of drug-likeness (QED) is 0.793. The Labute approximate surface area is 101 Å². The minimum atomic E-state index is 0.395. The zero-order chi connectivity index (χ0) is 11.6. The number of nitrogens with one attached hydrogen (secondary N) is 1. The Morgan fingerprint density at radius 2 is 1.94 bits per heavy atom. The molecule has 0 aromatic rings. The zero-order valence-corrected chi connectivity index (χ0v) is 11.3. The standard InChI is InChI=1S/C14H28N2/c1-4-7-13(2,3)16-11-10-15-14(12-16)8-5-6-9-14/h15H,4-12H2,1-3H3. The SMILES string of the molecule is CCCC(C)(C)N1CCNC2(CCCC2)C1. The zero-order valence-electron chi connectivity index (χ0n) is 11.3. The van der Waals surface area contributed by atoms with Crippen LogP contribution in [0.2, 0.25) is 0 Å². The van der Waals surface area contributed by atoms with Crippen LogP contribution < -0.4 is 5.32 Å². The van der Waals surface area contributed by atoms with E-state index < -0.39 is 0 Å². The second kappa shape index (κ2) is 4.66. The van der Waals surface area contributed by atoms with Crippen molar-refractivity contribution in [3.63, 3.8) is 0 Å². The highest BCUT2D eigenvalue weighted by molar-refractivity contribution is 5.01. The first-order chi connectivity index (χ1) is 7.58. The molecule has 1 aliphatic heterocycles. The van der Waals surface area contributed by atoms with Crippen molar-refractivity contribution >= 4 is 0 Å². The van der Waals surface area contributed by atoms with Crippen LogP contribution in [0.1, 0.15) is 59.3 Å². The van der Waals surface area contributed by atoms with Crippen LogP contribution in [0, 0.1) is 0 Å². The summed E-state index contributed by atoms with van der Waals surface area (Å²) in [5.74, 6) is 0. The summed E-state index contributed by atoms with van der Waals surface area (Å²) in [6.45, 7) is 10.8. The first kappa shape index (κ1) is 12.4. The summed E-state index contributed by atoms with van der Waals surface area (Å²) in [7, 11) is 0. The number of hydrogen-bond acceptors (Lipinski definition) is 2. The molecule has 0 radical (unpaired) electrons. The fraction of sp³-hybridized carbons (Fsp3) is 1.00. The minimum absolute atomic E-state index is 0.395. The third kappa shape index (κ3) is 2.43. The lowest BCUT2D eigenvalue weighted by Crippen LogP contribution is -2.63. The number of rotatable bonds is 3. The highest BCUT2D eigenvalue weighted by Gasteiger charge is 2.41. The summed E-state index contributed by atoms with van der Waals surface area (Å²) in [5, 5.41) is 3.80. The molecular weight excluding hydrogens is 196 g/mol. The van der Waals surface area contributed by atoms with Crippen LogP contribution in [-0.2, 0) is 0 Å². The Bertz CT molecular complexity index is 229. The van der Waals surface area contributed by atoms with E-state index in [0.29, 0.717) is 11.1 Å². The normalized spacial score (nSPS) is 26.4. The van der Waals surface area contributed by atoms with E-state index in [1.54, 1.807) is 0 Å². The van der Waals surface area contributed by atoms with Gasteiger partial charge in [-0.05, 0) is 33.1 Å². The van der Waals surface area contributed by atoms with Crippen molar-refractivity contribution in [2.75, 3.05) is 19.6 Å². The van der Waals surface area contributed by atoms with Crippen LogP contribution >= 0.6 is 0 Å². The summed E-state index contributed by atoms with van der Waals surface area (Å²) in [6, 6.07) is 0. The molecule has 0 unspecified atom stereocenters. The summed E-state index contributed by atoms with van der Waals surface area (Å²) in [4.78, 5) is 2.73. The lowest BCUT2D eigenvalue weighted by molar-refractivity contribution is 0.0417. The van der Waals surface area contributed by atoms with Crippen molar-refractivity contribution in [2.45, 2.75) is 70.4 Å². The third-order valence-electron chi connectivity index (χ3n) is 4.65. The van der Waals surface area contributed by atoms with E-state index in [4.69, 9.17) is 0 Å². The fourth-order valence-electron chi connectivity index (χ4n) is 3.63. The molecule has 1 heterocycles. The molecule has 1 saturated carbocycles. The van der Waals surface area contributed by atoms with E-state index in [1.807, 2.05) is 0 Å². The van der Waals surface area contributed by atoms with Gasteiger partial charge in [0.15, 0.2) is 0 Å². The van der Waals surface area contributed by atoms with Crippen LogP contribution in [0.25, 0.3) is 0 Å². The first-order valence-electron chi connectivity index (χ1n) is 7.08. The number of piperazine rings is 1. The van der Waals surface area contributed by atoms with Crippen molar-refractivity contribution in [3.05, 3.63) is 0 Å². The average molecular weight is 224 g/mol. The molecule has 2 aliphatic rings. The van der Waals surface area contributed by atoms with Crippen molar-refractivity contribution in [2.24, 2.45) is 0 Å². The van der Waals surface area contributed by atoms with Crippen LogP contribution in [0.5, 0.6) is 0 Å². The lowest BCUT2D eigenvalue weighted by Gasteiger charge is -2.48. The average Bonchev–Trinajstić information content (AvgIpc) is 2.66. The number of hydrogen-bond donors (Lipinski definition) is 1. The van der Waals surface area contributed by atoms with E-state index in [1.165, 1.54) is 58.2 Å². The van der Waals surface area contributed by atoms with Gasteiger partial charge in [-0.3, -0.25) is 4.90 Å². The molecule has 0 amide bonds. The second-order valence-electron chi connectivity index (χ2n) is 6.40. The second-order valence-corrected chi connectivity index (χ2v) is 6.40. The highest BCUT2D eigenvalue weighted by atomic mass is 15.3. The van der Waals surface area contributed by atoms with Crippen molar-refractivity contribution < 1.29 is 0 Å². The first-order valence-corrected chi connectivity index (χ1v) is 7.08. The van der Waals surface area contributed by atoms with E-state index in [2.05, 4.69) is 31.0 Å². The van der Waals surface area contributed by atoms with Crippen molar-refractivity contribution in [1.29, 1.82) is 0 Å². The van der Waals surface area contributed by atoms with Gasteiger partial charge in [-0.15, -0.1) is 0 Å². The van der Waals surface area contributed by atoms with E-state index in [0.717, 1.165) is 0 Å². The van der Waals surface area contributed by atoms with Gasteiger partial charge in [-0.25, -0.2) is 0 Å². The molecule has 0 aromatic carbocycles. The van der Waals surface area contributed by atoms with Gasteiger partial charge < -0.3 is 5.32 Å². The molecule has 1 spiro atoms. The van der Waals surface area contributed by atoms with Gasteiger partial charge in [-0.2, -0.15) is 0 Å². The molecule has 2 heteroatoms. The van der Waals surface area contributed by atoms with Gasteiger partial charge in [0, 0.05) is 30.7 Å². The highest BCUT2D eigenvalue weighted by Crippen LogP contribution is 2.34. The molecule has 0 atom stereocenters. The predicted octanol–water partition coefficient (Wildman–Crippen LogP) is 2.78. The maximum Gasteiger partial charge on any atom is 0.0309 e. The summed E-state index contributed by atoms with van der Waals surface area (Å²) >= 11 is 0. The molecule has 1 aliphatic carbocycles. The molecule has 1 saturated heterocycles. The van der Waals surface area contributed by atoms with E-state index in [-0.39, 0.29) is 0 Å². The molecule has 94 valence electrons.